The van der Waals surface area contributed by atoms with Gasteiger partial charge < -0.3 is 5.32 Å². The number of benzene rings is 1. The van der Waals surface area contributed by atoms with Gasteiger partial charge in [0.2, 0.25) is 0 Å². The maximum Gasteiger partial charge on any atom is 0.122 e. The van der Waals surface area contributed by atoms with Crippen LogP contribution in [0.5, 0.6) is 0 Å². The summed E-state index contributed by atoms with van der Waals surface area (Å²) >= 11 is 0. The Balaban J connectivity index is 0.000000336. The van der Waals surface area contributed by atoms with Crippen molar-refractivity contribution in [2.75, 3.05) is 7.05 Å². The molecule has 0 heterocycles. The van der Waals surface area contributed by atoms with Gasteiger partial charge in [-0.15, -0.1) is 0 Å². The van der Waals surface area contributed by atoms with E-state index in [0.717, 1.165) is 6.54 Å². The summed E-state index contributed by atoms with van der Waals surface area (Å²) in [6.07, 6.45) is 0. The quantitative estimate of drug-likeness (QED) is 0.797. The first-order valence-corrected chi connectivity index (χ1v) is 4.68. The molecule has 0 aliphatic carbocycles. The average Bonchev–Trinajstić information content (AvgIpc) is 2.24. The first-order chi connectivity index (χ1) is 7.24. The molecule has 0 aliphatic rings. The highest BCUT2D eigenvalue weighted by molar-refractivity contribution is 5.20. The molecule has 0 radical (unpaired) electrons. The molecule has 1 N–H and O–H groups in total. The van der Waals surface area contributed by atoms with E-state index in [1.807, 2.05) is 7.05 Å². The van der Waals surface area contributed by atoms with Gasteiger partial charge in [-0.1, -0.05) is 29.8 Å². The van der Waals surface area contributed by atoms with E-state index >= 15 is 0 Å². The van der Waals surface area contributed by atoms with E-state index in [9.17, 15) is 0 Å². The summed E-state index contributed by atoms with van der Waals surface area (Å²) in [5, 5.41) is 18.3. The topological polar surface area (TPSA) is 59.6 Å². The molecule has 3 nitrogen and oxygen atoms in total. The summed E-state index contributed by atoms with van der Waals surface area (Å²) < 4.78 is 0. The van der Waals surface area contributed by atoms with Crippen molar-refractivity contribution < 1.29 is 0 Å². The SMILES string of the molecule is CNCc1ccc(C)cc1.N#CCC#N. The Kier molecular flexibility index (Phi) is 7.67. The highest BCUT2D eigenvalue weighted by Crippen LogP contribution is 2.01. The summed E-state index contributed by atoms with van der Waals surface area (Å²) in [5.41, 5.74) is 2.66. The fourth-order valence-corrected chi connectivity index (χ4v) is 0.945. The predicted octanol–water partition coefficient (Wildman–Crippen LogP) is 2.14. The fourth-order valence-electron chi connectivity index (χ4n) is 0.945. The zero-order valence-electron chi connectivity index (χ0n) is 9.12. The van der Waals surface area contributed by atoms with Gasteiger partial charge in [0.1, 0.15) is 6.42 Å². The van der Waals surface area contributed by atoms with Crippen LogP contribution in [-0.2, 0) is 6.54 Å². The Labute approximate surface area is 91.0 Å². The minimum Gasteiger partial charge on any atom is -0.316 e. The number of aryl methyl sites for hydroxylation is 1. The molecule has 0 aromatic heterocycles. The number of nitrogens with one attached hydrogen (secondary N) is 1. The standard InChI is InChI=1S/C9H13N.C3H2N2/c1-8-3-5-9(6-4-8)7-10-2;4-2-1-3-5/h3-6,10H,7H2,1-2H3;1H2. The summed E-state index contributed by atoms with van der Waals surface area (Å²) in [5.74, 6) is 0. The maximum atomic E-state index is 7.59. The third kappa shape index (κ3) is 7.25. The molecule has 0 saturated heterocycles. The Bertz CT molecular complexity index is 329. The van der Waals surface area contributed by atoms with Crippen LogP contribution in [0, 0.1) is 29.6 Å². The van der Waals surface area contributed by atoms with Crippen molar-refractivity contribution in [3.63, 3.8) is 0 Å². The summed E-state index contributed by atoms with van der Waals surface area (Å²) in [6, 6.07) is 11.9. The highest BCUT2D eigenvalue weighted by Gasteiger charge is 1.87. The predicted molar refractivity (Wildman–Crippen MR) is 59.8 cm³/mol. The minimum atomic E-state index is 0. The van der Waals surface area contributed by atoms with E-state index in [4.69, 9.17) is 10.5 Å². The van der Waals surface area contributed by atoms with E-state index in [1.54, 1.807) is 12.1 Å². The first kappa shape index (κ1) is 13.2. The van der Waals surface area contributed by atoms with Gasteiger partial charge >= 0.3 is 0 Å². The smallest absolute Gasteiger partial charge is 0.122 e. The van der Waals surface area contributed by atoms with E-state index in [-0.39, 0.29) is 6.42 Å². The molecule has 3 heteroatoms. The Morgan fingerprint density at radius 3 is 2.00 bits per heavy atom. The van der Waals surface area contributed by atoms with Crippen LogP contribution in [-0.4, -0.2) is 7.05 Å². The van der Waals surface area contributed by atoms with Gasteiger partial charge in [-0.05, 0) is 19.5 Å². The fraction of sp³-hybridized carbons (Fsp3) is 0.333. The molecule has 0 aliphatic heterocycles. The van der Waals surface area contributed by atoms with Crippen molar-refractivity contribution in [1.82, 2.24) is 5.32 Å². The molecular weight excluding hydrogens is 186 g/mol. The molecule has 0 atom stereocenters. The van der Waals surface area contributed by atoms with Gasteiger partial charge in [-0.3, -0.25) is 0 Å². The minimum absolute atomic E-state index is 0. The summed E-state index contributed by atoms with van der Waals surface area (Å²) in [4.78, 5) is 0. The van der Waals surface area contributed by atoms with Crippen molar-refractivity contribution in [3.05, 3.63) is 35.4 Å². The van der Waals surface area contributed by atoms with Crippen LogP contribution in [0.15, 0.2) is 24.3 Å². The summed E-state index contributed by atoms with van der Waals surface area (Å²) in [6.45, 7) is 3.06. The van der Waals surface area contributed by atoms with E-state index in [0.29, 0.717) is 0 Å². The molecule has 0 bridgehead atoms. The monoisotopic (exact) mass is 201 g/mol. The van der Waals surface area contributed by atoms with Crippen LogP contribution in [0.25, 0.3) is 0 Å². The second kappa shape index (κ2) is 8.74. The zero-order chi connectivity index (χ0) is 11.5. The van der Waals surface area contributed by atoms with Crippen LogP contribution >= 0.6 is 0 Å². The second-order valence-corrected chi connectivity index (χ2v) is 3.01. The highest BCUT2D eigenvalue weighted by atomic mass is 14.8. The van der Waals surface area contributed by atoms with E-state index in [1.165, 1.54) is 11.1 Å². The van der Waals surface area contributed by atoms with Crippen LogP contribution in [0.3, 0.4) is 0 Å². The van der Waals surface area contributed by atoms with Gasteiger partial charge in [0.15, 0.2) is 0 Å². The first-order valence-electron chi connectivity index (χ1n) is 4.68. The summed E-state index contributed by atoms with van der Waals surface area (Å²) in [7, 11) is 1.96. The van der Waals surface area contributed by atoms with Crippen molar-refractivity contribution in [2.24, 2.45) is 0 Å². The van der Waals surface area contributed by atoms with Crippen molar-refractivity contribution in [2.45, 2.75) is 19.9 Å². The van der Waals surface area contributed by atoms with Crippen LogP contribution in [0.2, 0.25) is 0 Å². The van der Waals surface area contributed by atoms with Gasteiger partial charge in [-0.25, -0.2) is 0 Å². The van der Waals surface area contributed by atoms with Gasteiger partial charge in [0.05, 0.1) is 12.1 Å². The number of rotatable bonds is 2. The lowest BCUT2D eigenvalue weighted by atomic mass is 10.1. The van der Waals surface area contributed by atoms with E-state index in [2.05, 4.69) is 36.5 Å². The molecule has 1 rings (SSSR count). The molecule has 1 aromatic rings. The number of hydrogen-bond donors (Lipinski definition) is 1. The molecule has 1 aromatic carbocycles. The van der Waals surface area contributed by atoms with Crippen LogP contribution in [0.1, 0.15) is 17.5 Å². The van der Waals surface area contributed by atoms with Gasteiger partial charge in [-0.2, -0.15) is 10.5 Å². The van der Waals surface area contributed by atoms with Crippen molar-refractivity contribution in [3.8, 4) is 12.1 Å². The number of nitriles is 2. The lowest BCUT2D eigenvalue weighted by Crippen LogP contribution is -2.04. The number of hydrogen-bond acceptors (Lipinski definition) is 3. The van der Waals surface area contributed by atoms with Crippen molar-refractivity contribution >= 4 is 0 Å². The average molecular weight is 201 g/mol. The maximum absolute atomic E-state index is 7.59. The van der Waals surface area contributed by atoms with Crippen LogP contribution in [0.4, 0.5) is 0 Å². The van der Waals surface area contributed by atoms with Gasteiger partial charge in [0, 0.05) is 6.54 Å². The van der Waals surface area contributed by atoms with Crippen LogP contribution < -0.4 is 5.32 Å². The molecule has 15 heavy (non-hydrogen) atoms. The Morgan fingerprint density at radius 1 is 1.13 bits per heavy atom. The molecule has 78 valence electrons. The molecule has 0 fully saturated rings. The number of nitrogens with zero attached hydrogens (tertiary/aromatic N) is 2. The molecule has 0 amide bonds. The lowest BCUT2D eigenvalue weighted by Gasteiger charge is -1.98. The Hall–Kier alpha value is -1.84. The largest absolute Gasteiger partial charge is 0.316 e. The molecule has 0 unspecified atom stereocenters. The molecular formula is C12H15N3. The third-order valence-corrected chi connectivity index (χ3v) is 1.66. The molecule has 0 spiro atoms. The van der Waals surface area contributed by atoms with Crippen molar-refractivity contribution in [1.29, 1.82) is 10.5 Å². The van der Waals surface area contributed by atoms with Gasteiger partial charge in [0.25, 0.3) is 0 Å². The second-order valence-electron chi connectivity index (χ2n) is 3.01. The Morgan fingerprint density at radius 2 is 1.67 bits per heavy atom. The molecule has 0 saturated carbocycles. The lowest BCUT2D eigenvalue weighted by molar-refractivity contribution is 0.817. The zero-order valence-corrected chi connectivity index (χ0v) is 9.12. The normalized spacial score (nSPS) is 8.00. The third-order valence-electron chi connectivity index (χ3n) is 1.66. The van der Waals surface area contributed by atoms with E-state index < -0.39 is 0 Å².